The van der Waals surface area contributed by atoms with Crippen molar-refractivity contribution in [1.29, 1.82) is 0 Å². The molecule has 21 heavy (non-hydrogen) atoms. The van der Waals surface area contributed by atoms with Crippen molar-refractivity contribution in [2.75, 3.05) is 10.6 Å². The molecule has 0 aromatic carbocycles. The summed E-state index contributed by atoms with van der Waals surface area (Å²) < 4.78 is 0. The summed E-state index contributed by atoms with van der Waals surface area (Å²) >= 11 is 0. The van der Waals surface area contributed by atoms with Crippen molar-refractivity contribution in [3.8, 4) is 0 Å². The summed E-state index contributed by atoms with van der Waals surface area (Å²) in [6.45, 7) is 2.87. The number of amides is 2. The molecule has 2 amide bonds. The van der Waals surface area contributed by atoms with Gasteiger partial charge in [-0.3, -0.25) is 19.4 Å². The predicted octanol–water partition coefficient (Wildman–Crippen LogP) is 1.37. The largest absolute Gasteiger partial charge is 0.327 e. The Labute approximate surface area is 121 Å². The summed E-state index contributed by atoms with van der Waals surface area (Å²) in [4.78, 5) is 37.8. The Morgan fingerprint density at radius 2 is 1.71 bits per heavy atom. The quantitative estimate of drug-likeness (QED) is 0.776. The van der Waals surface area contributed by atoms with Crippen LogP contribution >= 0.6 is 0 Å². The number of aromatic nitrogens is 2. The van der Waals surface area contributed by atoms with Gasteiger partial charge >= 0.3 is 0 Å². The van der Waals surface area contributed by atoms with Gasteiger partial charge in [0.15, 0.2) is 0 Å². The van der Waals surface area contributed by atoms with Crippen LogP contribution in [0.4, 0.5) is 11.4 Å². The lowest BCUT2D eigenvalue weighted by atomic mass is 10.4. The third-order valence-corrected chi connectivity index (χ3v) is 2.09. The standard InChI is InChI=1S/C7H8N2O2.C7H8N2O/c1-5(10)9-6-2-3-7(11)8-4-6;1-6(10)9-7-3-2-4-8-5-7/h2-4H,1H3,(H,8,11)(H,9,10);2-5H,1H3,(H,9,10). The van der Waals surface area contributed by atoms with Gasteiger partial charge in [-0.25, -0.2) is 0 Å². The highest BCUT2D eigenvalue weighted by atomic mass is 16.2. The molecule has 2 aromatic rings. The van der Waals surface area contributed by atoms with Gasteiger partial charge in [0, 0.05) is 32.3 Å². The predicted molar refractivity (Wildman–Crippen MR) is 79.9 cm³/mol. The summed E-state index contributed by atoms with van der Waals surface area (Å²) in [5.41, 5.74) is 1.14. The summed E-state index contributed by atoms with van der Waals surface area (Å²) in [6, 6.07) is 6.45. The summed E-state index contributed by atoms with van der Waals surface area (Å²) in [6.07, 6.45) is 4.70. The molecule has 0 unspecified atom stereocenters. The normalized spacial score (nSPS) is 9.05. The lowest BCUT2D eigenvalue weighted by molar-refractivity contribution is -0.115. The molecule has 0 bridgehead atoms. The lowest BCUT2D eigenvalue weighted by Gasteiger charge is -1.98. The molecular formula is C14H16N4O3. The fraction of sp³-hybridized carbons (Fsp3) is 0.143. The second-order valence-corrected chi connectivity index (χ2v) is 4.05. The molecule has 0 saturated carbocycles. The topological polar surface area (TPSA) is 104 Å². The molecule has 0 fully saturated rings. The Morgan fingerprint density at radius 3 is 2.19 bits per heavy atom. The van der Waals surface area contributed by atoms with Crippen molar-refractivity contribution < 1.29 is 9.59 Å². The minimum atomic E-state index is -0.181. The van der Waals surface area contributed by atoms with Crippen LogP contribution in [-0.4, -0.2) is 21.8 Å². The van der Waals surface area contributed by atoms with E-state index in [0.29, 0.717) is 5.69 Å². The second kappa shape index (κ2) is 8.26. The third-order valence-electron chi connectivity index (χ3n) is 2.09. The molecule has 0 aliphatic carbocycles. The van der Waals surface area contributed by atoms with Gasteiger partial charge in [0.25, 0.3) is 0 Å². The van der Waals surface area contributed by atoms with Gasteiger partial charge in [-0.1, -0.05) is 0 Å². The number of hydrogen-bond donors (Lipinski definition) is 3. The maximum atomic E-state index is 10.5. The highest BCUT2D eigenvalue weighted by Crippen LogP contribution is 2.01. The van der Waals surface area contributed by atoms with Crippen LogP contribution in [0.25, 0.3) is 0 Å². The number of nitrogens with one attached hydrogen (secondary N) is 3. The SMILES string of the molecule is CC(=O)Nc1ccc(=O)[nH]c1.CC(=O)Nc1cccnc1. The zero-order valence-electron chi connectivity index (χ0n) is 11.7. The van der Waals surface area contributed by atoms with Crippen LogP contribution < -0.4 is 16.2 Å². The smallest absolute Gasteiger partial charge is 0.248 e. The first-order chi connectivity index (χ1) is 9.97. The van der Waals surface area contributed by atoms with Crippen molar-refractivity contribution >= 4 is 23.2 Å². The average Bonchev–Trinajstić information content (AvgIpc) is 2.42. The molecule has 0 saturated heterocycles. The van der Waals surface area contributed by atoms with Crippen molar-refractivity contribution in [1.82, 2.24) is 9.97 Å². The van der Waals surface area contributed by atoms with E-state index >= 15 is 0 Å². The van der Waals surface area contributed by atoms with Crippen LogP contribution in [0.2, 0.25) is 0 Å². The fourth-order valence-electron chi connectivity index (χ4n) is 1.33. The maximum absolute atomic E-state index is 10.5. The Morgan fingerprint density at radius 1 is 1.05 bits per heavy atom. The van der Waals surface area contributed by atoms with E-state index in [1.165, 1.54) is 26.1 Å². The van der Waals surface area contributed by atoms with E-state index in [-0.39, 0.29) is 17.4 Å². The van der Waals surface area contributed by atoms with Gasteiger partial charge < -0.3 is 15.6 Å². The molecule has 7 heteroatoms. The van der Waals surface area contributed by atoms with E-state index in [2.05, 4.69) is 20.6 Å². The Hall–Kier alpha value is -2.96. The van der Waals surface area contributed by atoms with Gasteiger partial charge in [0.1, 0.15) is 0 Å². The zero-order valence-corrected chi connectivity index (χ0v) is 11.7. The van der Waals surface area contributed by atoms with E-state index in [1.807, 2.05) is 0 Å². The number of H-pyrrole nitrogens is 1. The molecule has 110 valence electrons. The van der Waals surface area contributed by atoms with Crippen LogP contribution in [0.3, 0.4) is 0 Å². The number of rotatable bonds is 2. The van der Waals surface area contributed by atoms with Crippen molar-refractivity contribution in [3.05, 3.63) is 53.2 Å². The van der Waals surface area contributed by atoms with E-state index in [9.17, 15) is 14.4 Å². The molecule has 2 heterocycles. The molecule has 7 nitrogen and oxygen atoms in total. The minimum Gasteiger partial charge on any atom is -0.327 e. The maximum Gasteiger partial charge on any atom is 0.248 e. The van der Waals surface area contributed by atoms with Crippen LogP contribution in [0.5, 0.6) is 0 Å². The van der Waals surface area contributed by atoms with E-state index in [1.54, 1.807) is 30.6 Å². The van der Waals surface area contributed by atoms with Crippen LogP contribution in [0, 0.1) is 0 Å². The van der Waals surface area contributed by atoms with Gasteiger partial charge in [0.05, 0.1) is 17.6 Å². The Balaban J connectivity index is 0.000000211. The van der Waals surface area contributed by atoms with E-state index < -0.39 is 0 Å². The molecule has 2 rings (SSSR count). The average molecular weight is 288 g/mol. The number of aromatic amines is 1. The first-order valence-corrected chi connectivity index (χ1v) is 6.11. The molecule has 0 spiro atoms. The number of hydrogen-bond acceptors (Lipinski definition) is 4. The molecule has 0 atom stereocenters. The highest BCUT2D eigenvalue weighted by Gasteiger charge is 1.92. The third kappa shape index (κ3) is 7.26. The van der Waals surface area contributed by atoms with Crippen molar-refractivity contribution in [2.24, 2.45) is 0 Å². The number of nitrogens with zero attached hydrogens (tertiary/aromatic N) is 1. The van der Waals surface area contributed by atoms with Gasteiger partial charge in [0.2, 0.25) is 17.4 Å². The highest BCUT2D eigenvalue weighted by molar-refractivity contribution is 5.88. The number of anilines is 2. The minimum absolute atomic E-state index is 0.0759. The lowest BCUT2D eigenvalue weighted by Crippen LogP contribution is -2.09. The van der Waals surface area contributed by atoms with Crippen LogP contribution in [-0.2, 0) is 9.59 Å². The molecule has 0 radical (unpaired) electrons. The van der Waals surface area contributed by atoms with Gasteiger partial charge in [-0.05, 0) is 18.2 Å². The van der Waals surface area contributed by atoms with Crippen molar-refractivity contribution in [3.63, 3.8) is 0 Å². The van der Waals surface area contributed by atoms with Crippen molar-refractivity contribution in [2.45, 2.75) is 13.8 Å². The monoisotopic (exact) mass is 288 g/mol. The van der Waals surface area contributed by atoms with E-state index in [4.69, 9.17) is 0 Å². The first-order valence-electron chi connectivity index (χ1n) is 6.11. The Kier molecular flexibility index (Phi) is 6.33. The summed E-state index contributed by atoms with van der Waals surface area (Å²) in [5, 5.41) is 5.13. The van der Waals surface area contributed by atoms with Gasteiger partial charge in [-0.2, -0.15) is 0 Å². The zero-order chi connectivity index (χ0) is 15.7. The molecule has 2 aromatic heterocycles. The number of pyridine rings is 2. The Bertz CT molecular complexity index is 632. The first kappa shape index (κ1) is 16.1. The van der Waals surface area contributed by atoms with Crippen LogP contribution in [0.1, 0.15) is 13.8 Å². The summed E-state index contributed by atoms with van der Waals surface area (Å²) in [7, 11) is 0. The molecule has 0 aliphatic heterocycles. The fourth-order valence-corrected chi connectivity index (χ4v) is 1.33. The molecule has 0 aliphatic rings. The summed E-state index contributed by atoms with van der Waals surface area (Å²) in [5.74, 6) is -0.231. The molecular weight excluding hydrogens is 272 g/mol. The van der Waals surface area contributed by atoms with E-state index in [0.717, 1.165) is 5.69 Å². The number of carbonyl (C=O) groups excluding carboxylic acids is 2. The van der Waals surface area contributed by atoms with Gasteiger partial charge in [-0.15, -0.1) is 0 Å². The van der Waals surface area contributed by atoms with Crippen LogP contribution in [0.15, 0.2) is 47.7 Å². The molecule has 3 N–H and O–H groups in total. The second-order valence-electron chi connectivity index (χ2n) is 4.05. The number of carbonyl (C=O) groups is 2.